The minimum Gasteiger partial charge on any atom is -0.548 e. The van der Waals surface area contributed by atoms with Crippen LogP contribution in [0.25, 0.3) is 6.08 Å². The van der Waals surface area contributed by atoms with Crippen molar-refractivity contribution in [1.82, 2.24) is 10.6 Å². The van der Waals surface area contributed by atoms with Crippen molar-refractivity contribution in [3.63, 3.8) is 0 Å². The molecule has 7 heteroatoms. The Hall–Kier alpha value is -3.48. The van der Waals surface area contributed by atoms with E-state index < -0.39 is 35.6 Å². The van der Waals surface area contributed by atoms with E-state index in [1.54, 1.807) is 50.2 Å². The van der Waals surface area contributed by atoms with Gasteiger partial charge in [0.25, 0.3) is 11.8 Å². The maximum Gasteiger partial charge on any atom is 0.268 e. The van der Waals surface area contributed by atoms with Gasteiger partial charge in [-0.3, -0.25) is 9.59 Å². The van der Waals surface area contributed by atoms with E-state index in [2.05, 4.69) is 10.6 Å². The summed E-state index contributed by atoms with van der Waals surface area (Å²) in [5, 5.41) is 16.0. The number of halogens is 1. The summed E-state index contributed by atoms with van der Waals surface area (Å²) in [7, 11) is 0. The molecule has 0 bridgehead atoms. The zero-order valence-corrected chi connectivity index (χ0v) is 15.4. The maximum absolute atomic E-state index is 14.0. The Morgan fingerprint density at radius 2 is 1.61 bits per heavy atom. The molecule has 2 amide bonds. The third-order valence-corrected chi connectivity index (χ3v) is 3.94. The highest BCUT2D eigenvalue weighted by Gasteiger charge is 2.21. The average molecular weight is 383 g/mol. The second kappa shape index (κ2) is 9.45. The quantitative estimate of drug-likeness (QED) is 0.708. The van der Waals surface area contributed by atoms with Crippen LogP contribution >= 0.6 is 0 Å². The number of aliphatic carboxylic acids is 1. The van der Waals surface area contributed by atoms with Crippen LogP contribution in [0.5, 0.6) is 0 Å². The number of hydrogen-bond acceptors (Lipinski definition) is 4. The largest absolute Gasteiger partial charge is 0.548 e. The van der Waals surface area contributed by atoms with Crippen LogP contribution in [-0.4, -0.2) is 23.8 Å². The van der Waals surface area contributed by atoms with Crippen LogP contribution in [0.2, 0.25) is 0 Å². The molecule has 0 spiro atoms. The summed E-state index contributed by atoms with van der Waals surface area (Å²) < 4.78 is 14.0. The molecule has 0 aliphatic heterocycles. The third-order valence-electron chi connectivity index (χ3n) is 3.94. The van der Waals surface area contributed by atoms with Crippen LogP contribution in [0.1, 0.15) is 29.8 Å². The molecule has 2 N–H and O–H groups in total. The van der Waals surface area contributed by atoms with E-state index in [4.69, 9.17) is 0 Å². The van der Waals surface area contributed by atoms with Gasteiger partial charge in [-0.05, 0) is 30.2 Å². The van der Waals surface area contributed by atoms with E-state index in [1.807, 2.05) is 0 Å². The highest BCUT2D eigenvalue weighted by Crippen LogP contribution is 2.12. The first-order valence-corrected chi connectivity index (χ1v) is 8.64. The summed E-state index contributed by atoms with van der Waals surface area (Å²) >= 11 is 0. The van der Waals surface area contributed by atoms with Crippen LogP contribution in [-0.2, 0) is 9.59 Å². The Kier molecular flexibility index (Phi) is 7.03. The van der Waals surface area contributed by atoms with Crippen LogP contribution in [0.4, 0.5) is 4.39 Å². The first-order chi connectivity index (χ1) is 13.3. The highest BCUT2D eigenvalue weighted by molar-refractivity contribution is 6.06. The molecular weight excluding hydrogens is 363 g/mol. The summed E-state index contributed by atoms with van der Waals surface area (Å²) in [4.78, 5) is 36.3. The molecule has 0 radical (unpaired) electrons. The number of rotatable bonds is 7. The van der Waals surface area contributed by atoms with Gasteiger partial charge in [-0.25, -0.2) is 4.39 Å². The maximum atomic E-state index is 14.0. The van der Waals surface area contributed by atoms with Gasteiger partial charge in [-0.2, -0.15) is 0 Å². The van der Waals surface area contributed by atoms with Crippen LogP contribution < -0.4 is 15.7 Å². The van der Waals surface area contributed by atoms with Gasteiger partial charge in [0, 0.05) is 11.1 Å². The molecule has 28 heavy (non-hydrogen) atoms. The molecule has 0 aromatic heterocycles. The van der Waals surface area contributed by atoms with Gasteiger partial charge >= 0.3 is 0 Å². The first kappa shape index (κ1) is 20.8. The third kappa shape index (κ3) is 5.51. The summed E-state index contributed by atoms with van der Waals surface area (Å²) in [6, 6.07) is 12.5. The lowest BCUT2D eigenvalue weighted by Crippen LogP contribution is -2.52. The van der Waals surface area contributed by atoms with E-state index in [-0.39, 0.29) is 16.8 Å². The molecule has 0 saturated heterocycles. The van der Waals surface area contributed by atoms with Gasteiger partial charge in [0.1, 0.15) is 11.5 Å². The van der Waals surface area contributed by atoms with Crippen LogP contribution in [0.3, 0.4) is 0 Å². The molecule has 0 aliphatic rings. The van der Waals surface area contributed by atoms with Crippen molar-refractivity contribution < 1.29 is 23.9 Å². The van der Waals surface area contributed by atoms with E-state index in [9.17, 15) is 23.9 Å². The van der Waals surface area contributed by atoms with E-state index in [0.29, 0.717) is 0 Å². The summed E-state index contributed by atoms with van der Waals surface area (Å²) in [5.41, 5.74) is 0.0662. The zero-order chi connectivity index (χ0) is 20.7. The predicted octanol–water partition coefficient (Wildman–Crippen LogP) is 1.49. The standard InChI is InChI=1S/C21H21FN2O4/c1-13(2)18(21(27)28)24-20(26)17(12-15-10-6-7-11-16(15)22)23-19(25)14-8-4-3-5-9-14/h3-13,18H,1-2H3,(H,23,25)(H,24,26)(H,27,28)/p-1/b17-12+/t18-/m0/s1. The number of carbonyl (C=O) groups excluding carboxylic acids is 3. The molecule has 6 nitrogen and oxygen atoms in total. The van der Waals surface area contributed by atoms with Crippen molar-refractivity contribution in [3.8, 4) is 0 Å². The number of carboxylic acid groups (broad SMARTS) is 1. The average Bonchev–Trinajstić information content (AvgIpc) is 2.67. The number of amides is 2. The number of benzene rings is 2. The van der Waals surface area contributed by atoms with Crippen LogP contribution in [0.15, 0.2) is 60.3 Å². The van der Waals surface area contributed by atoms with Gasteiger partial charge in [-0.1, -0.05) is 50.2 Å². The molecule has 0 heterocycles. The predicted molar refractivity (Wildman–Crippen MR) is 100 cm³/mol. The summed E-state index contributed by atoms with van der Waals surface area (Å²) in [6.07, 6.45) is 1.15. The van der Waals surface area contributed by atoms with Crippen molar-refractivity contribution in [1.29, 1.82) is 0 Å². The van der Waals surface area contributed by atoms with E-state index in [1.165, 1.54) is 18.2 Å². The normalized spacial score (nSPS) is 12.4. The Morgan fingerprint density at radius 1 is 1.00 bits per heavy atom. The molecule has 2 aromatic rings. The molecule has 0 aliphatic carbocycles. The topological polar surface area (TPSA) is 98.3 Å². The van der Waals surface area contributed by atoms with E-state index >= 15 is 0 Å². The number of hydrogen-bond donors (Lipinski definition) is 2. The molecule has 0 saturated carbocycles. The van der Waals surface area contributed by atoms with Gasteiger partial charge < -0.3 is 20.5 Å². The monoisotopic (exact) mass is 383 g/mol. The fourth-order valence-corrected chi connectivity index (χ4v) is 2.41. The second-order valence-corrected chi connectivity index (χ2v) is 6.41. The Bertz CT molecular complexity index is 894. The van der Waals surface area contributed by atoms with Crippen molar-refractivity contribution in [2.75, 3.05) is 0 Å². The van der Waals surface area contributed by atoms with Gasteiger partial charge in [0.05, 0.1) is 12.0 Å². The number of carboxylic acids is 1. The van der Waals surface area contributed by atoms with Crippen molar-refractivity contribution in [2.45, 2.75) is 19.9 Å². The molecule has 0 unspecified atom stereocenters. The lowest BCUT2D eigenvalue weighted by molar-refractivity contribution is -0.309. The number of nitrogens with one attached hydrogen (secondary N) is 2. The highest BCUT2D eigenvalue weighted by atomic mass is 19.1. The van der Waals surface area contributed by atoms with E-state index in [0.717, 1.165) is 6.08 Å². The minimum absolute atomic E-state index is 0.0653. The molecule has 0 fully saturated rings. The van der Waals surface area contributed by atoms with Gasteiger partial charge in [0.15, 0.2) is 0 Å². The Balaban J connectivity index is 2.35. The van der Waals surface area contributed by atoms with Crippen LogP contribution in [0, 0.1) is 11.7 Å². The van der Waals surface area contributed by atoms with Crippen molar-refractivity contribution in [2.24, 2.45) is 5.92 Å². The summed E-state index contributed by atoms with van der Waals surface area (Å²) in [6.45, 7) is 3.20. The molecule has 2 aromatic carbocycles. The summed E-state index contributed by atoms with van der Waals surface area (Å²) in [5.74, 6) is -3.96. The SMILES string of the molecule is CC(C)[C@H](NC(=O)/C(=C\c1ccccc1F)NC(=O)c1ccccc1)C(=O)[O-]. The molecule has 146 valence electrons. The van der Waals surface area contributed by atoms with Gasteiger partial charge in [0.2, 0.25) is 0 Å². The zero-order valence-electron chi connectivity index (χ0n) is 15.4. The van der Waals surface area contributed by atoms with Gasteiger partial charge in [-0.15, -0.1) is 0 Å². The lowest BCUT2D eigenvalue weighted by Gasteiger charge is -2.24. The first-order valence-electron chi connectivity index (χ1n) is 8.64. The number of carbonyl (C=O) groups is 3. The Labute approximate surface area is 162 Å². The fourth-order valence-electron chi connectivity index (χ4n) is 2.41. The second-order valence-electron chi connectivity index (χ2n) is 6.41. The molecule has 2 rings (SSSR count). The Morgan fingerprint density at radius 3 is 2.18 bits per heavy atom. The fraction of sp³-hybridized carbons (Fsp3) is 0.190. The smallest absolute Gasteiger partial charge is 0.268 e. The minimum atomic E-state index is -1.46. The van der Waals surface area contributed by atoms with Crippen molar-refractivity contribution >= 4 is 23.9 Å². The molecular formula is C21H20FN2O4-. The molecule has 1 atom stereocenters. The van der Waals surface area contributed by atoms with Crippen molar-refractivity contribution in [3.05, 3.63) is 77.2 Å². The lowest BCUT2D eigenvalue weighted by atomic mass is 10.0.